The van der Waals surface area contributed by atoms with Crippen LogP contribution in [0, 0.1) is 0 Å². The van der Waals surface area contributed by atoms with Crippen LogP contribution in [-0.4, -0.2) is 20.3 Å². The van der Waals surface area contributed by atoms with E-state index in [9.17, 15) is 0 Å². The van der Waals surface area contributed by atoms with E-state index in [0.717, 1.165) is 24.5 Å². The van der Waals surface area contributed by atoms with E-state index in [-0.39, 0.29) is 0 Å². The van der Waals surface area contributed by atoms with Crippen LogP contribution in [0.4, 0.5) is 0 Å². The molecule has 3 heteroatoms. The summed E-state index contributed by atoms with van der Waals surface area (Å²) < 4.78 is 11.1. The third-order valence-electron chi connectivity index (χ3n) is 2.95. The van der Waals surface area contributed by atoms with Crippen molar-refractivity contribution in [2.24, 2.45) is 0 Å². The van der Waals surface area contributed by atoms with Gasteiger partial charge in [0.2, 0.25) is 0 Å². The first-order valence-corrected chi connectivity index (χ1v) is 5.90. The smallest absolute Gasteiger partial charge is 0.127 e. The molecule has 16 heavy (non-hydrogen) atoms. The molecule has 1 heterocycles. The van der Waals surface area contributed by atoms with Crippen molar-refractivity contribution in [3.8, 4) is 11.5 Å². The monoisotopic (exact) mass is 221 g/mol. The predicted molar refractivity (Wildman–Crippen MR) is 64.1 cm³/mol. The highest BCUT2D eigenvalue weighted by molar-refractivity contribution is 5.47. The van der Waals surface area contributed by atoms with E-state index in [1.807, 2.05) is 25.1 Å². The van der Waals surface area contributed by atoms with Crippen LogP contribution < -0.4 is 14.8 Å². The summed E-state index contributed by atoms with van der Waals surface area (Å²) in [6.45, 7) is 3.77. The van der Waals surface area contributed by atoms with Crippen LogP contribution in [0.2, 0.25) is 0 Å². The molecule has 1 aliphatic heterocycles. The van der Waals surface area contributed by atoms with Gasteiger partial charge in [-0.05, 0) is 38.4 Å². The predicted octanol–water partition coefficient (Wildman–Crippen LogP) is 2.52. The van der Waals surface area contributed by atoms with Gasteiger partial charge in [0, 0.05) is 6.04 Å². The van der Waals surface area contributed by atoms with E-state index in [4.69, 9.17) is 9.47 Å². The summed E-state index contributed by atoms with van der Waals surface area (Å²) in [5.41, 5.74) is 1.17. The van der Waals surface area contributed by atoms with Gasteiger partial charge in [-0.2, -0.15) is 0 Å². The van der Waals surface area contributed by atoms with Crippen molar-refractivity contribution in [2.45, 2.75) is 25.8 Å². The second kappa shape index (κ2) is 5.21. The Morgan fingerprint density at radius 3 is 2.81 bits per heavy atom. The molecule has 1 atom stereocenters. The van der Waals surface area contributed by atoms with Crippen molar-refractivity contribution in [1.82, 2.24) is 5.32 Å². The number of benzene rings is 1. The van der Waals surface area contributed by atoms with Crippen molar-refractivity contribution in [3.05, 3.63) is 23.8 Å². The van der Waals surface area contributed by atoms with Gasteiger partial charge in [0.15, 0.2) is 0 Å². The summed E-state index contributed by atoms with van der Waals surface area (Å²) in [5.74, 6) is 1.87. The van der Waals surface area contributed by atoms with Crippen LogP contribution in [0.25, 0.3) is 0 Å². The Kier molecular flexibility index (Phi) is 3.67. The van der Waals surface area contributed by atoms with Gasteiger partial charge in [0.05, 0.1) is 19.3 Å². The van der Waals surface area contributed by atoms with Crippen LogP contribution in [0.15, 0.2) is 18.2 Å². The molecule has 0 spiro atoms. The van der Waals surface area contributed by atoms with Gasteiger partial charge in [0.25, 0.3) is 0 Å². The van der Waals surface area contributed by atoms with Gasteiger partial charge in [-0.3, -0.25) is 0 Å². The molecule has 0 radical (unpaired) electrons. The maximum atomic E-state index is 5.67. The highest BCUT2D eigenvalue weighted by Gasteiger charge is 2.23. The van der Waals surface area contributed by atoms with Crippen molar-refractivity contribution in [2.75, 3.05) is 20.3 Å². The molecular formula is C13H19NO2. The average Bonchev–Trinajstić information content (AvgIpc) is 2.82. The summed E-state index contributed by atoms with van der Waals surface area (Å²) in [4.78, 5) is 0. The normalized spacial score (nSPS) is 19.8. The molecule has 0 aliphatic carbocycles. The van der Waals surface area contributed by atoms with Gasteiger partial charge < -0.3 is 14.8 Å². The molecule has 88 valence electrons. The molecule has 1 aliphatic rings. The Balaban J connectivity index is 2.36. The van der Waals surface area contributed by atoms with E-state index in [1.165, 1.54) is 12.0 Å². The zero-order chi connectivity index (χ0) is 11.4. The molecule has 1 aromatic rings. The lowest BCUT2D eigenvalue weighted by Crippen LogP contribution is -2.15. The second-order valence-electron chi connectivity index (χ2n) is 3.95. The molecule has 2 rings (SSSR count). The first kappa shape index (κ1) is 11.3. The lowest BCUT2D eigenvalue weighted by atomic mass is 10.0. The van der Waals surface area contributed by atoms with E-state index >= 15 is 0 Å². The summed E-state index contributed by atoms with van der Waals surface area (Å²) in [7, 11) is 1.71. The standard InChI is InChI=1S/C13H19NO2/c1-3-16-12-8-4-7-11(15-2)13(12)10-6-5-9-14-10/h4,7-8,10,14H,3,5-6,9H2,1-2H3. The van der Waals surface area contributed by atoms with Crippen molar-refractivity contribution in [3.63, 3.8) is 0 Å². The van der Waals surface area contributed by atoms with Crippen molar-refractivity contribution in [1.29, 1.82) is 0 Å². The quantitative estimate of drug-likeness (QED) is 0.847. The summed E-state index contributed by atoms with van der Waals surface area (Å²) in [6, 6.07) is 6.36. The minimum Gasteiger partial charge on any atom is -0.496 e. The molecule has 0 saturated carbocycles. The lowest BCUT2D eigenvalue weighted by Gasteiger charge is -2.19. The fraction of sp³-hybridized carbons (Fsp3) is 0.538. The molecule has 0 bridgehead atoms. The molecule has 0 aromatic heterocycles. The molecular weight excluding hydrogens is 202 g/mol. The Morgan fingerprint density at radius 2 is 2.19 bits per heavy atom. The number of nitrogens with one attached hydrogen (secondary N) is 1. The Labute approximate surface area is 96.8 Å². The van der Waals surface area contributed by atoms with Gasteiger partial charge in [0.1, 0.15) is 11.5 Å². The maximum absolute atomic E-state index is 5.67. The Bertz CT molecular complexity index is 346. The molecule has 1 saturated heterocycles. The van der Waals surface area contributed by atoms with Crippen LogP contribution in [0.5, 0.6) is 11.5 Å². The Morgan fingerprint density at radius 1 is 1.38 bits per heavy atom. The van der Waals surface area contributed by atoms with Gasteiger partial charge in [-0.25, -0.2) is 0 Å². The van der Waals surface area contributed by atoms with Crippen molar-refractivity contribution >= 4 is 0 Å². The SMILES string of the molecule is CCOc1cccc(OC)c1C1CCCN1. The molecule has 1 unspecified atom stereocenters. The fourth-order valence-electron chi connectivity index (χ4n) is 2.26. The number of hydrogen-bond donors (Lipinski definition) is 1. The van der Waals surface area contributed by atoms with Crippen LogP contribution in [0.3, 0.4) is 0 Å². The summed E-state index contributed by atoms with van der Waals surface area (Å²) in [5, 5.41) is 3.49. The number of ether oxygens (including phenoxy) is 2. The average molecular weight is 221 g/mol. The second-order valence-corrected chi connectivity index (χ2v) is 3.95. The molecule has 3 nitrogen and oxygen atoms in total. The maximum Gasteiger partial charge on any atom is 0.127 e. The molecule has 0 amide bonds. The zero-order valence-corrected chi connectivity index (χ0v) is 9.95. The third kappa shape index (κ3) is 2.14. The first-order chi connectivity index (χ1) is 7.86. The number of hydrogen-bond acceptors (Lipinski definition) is 3. The molecule has 1 N–H and O–H groups in total. The van der Waals surface area contributed by atoms with Crippen molar-refractivity contribution < 1.29 is 9.47 Å². The van der Waals surface area contributed by atoms with E-state index in [2.05, 4.69) is 5.32 Å². The summed E-state index contributed by atoms with van der Waals surface area (Å²) >= 11 is 0. The number of rotatable bonds is 4. The lowest BCUT2D eigenvalue weighted by molar-refractivity contribution is 0.326. The molecule has 1 aromatic carbocycles. The van der Waals surface area contributed by atoms with Crippen LogP contribution >= 0.6 is 0 Å². The summed E-state index contributed by atoms with van der Waals surface area (Å²) in [6.07, 6.45) is 2.37. The van der Waals surface area contributed by atoms with Crippen LogP contribution in [0.1, 0.15) is 31.4 Å². The Hall–Kier alpha value is -1.22. The van der Waals surface area contributed by atoms with E-state index in [1.54, 1.807) is 7.11 Å². The highest BCUT2D eigenvalue weighted by atomic mass is 16.5. The van der Waals surface area contributed by atoms with Gasteiger partial charge in [-0.15, -0.1) is 0 Å². The van der Waals surface area contributed by atoms with E-state index < -0.39 is 0 Å². The van der Waals surface area contributed by atoms with Gasteiger partial charge >= 0.3 is 0 Å². The largest absolute Gasteiger partial charge is 0.496 e. The minimum atomic E-state index is 0.373. The topological polar surface area (TPSA) is 30.5 Å². The minimum absolute atomic E-state index is 0.373. The zero-order valence-electron chi connectivity index (χ0n) is 9.95. The molecule has 1 fully saturated rings. The van der Waals surface area contributed by atoms with Gasteiger partial charge in [-0.1, -0.05) is 6.07 Å². The van der Waals surface area contributed by atoms with E-state index in [0.29, 0.717) is 12.6 Å². The number of methoxy groups -OCH3 is 1. The first-order valence-electron chi connectivity index (χ1n) is 5.90. The van der Waals surface area contributed by atoms with Crippen LogP contribution in [-0.2, 0) is 0 Å². The fourth-order valence-corrected chi connectivity index (χ4v) is 2.26. The highest BCUT2D eigenvalue weighted by Crippen LogP contribution is 2.37. The third-order valence-corrected chi connectivity index (χ3v) is 2.95.